The summed E-state index contributed by atoms with van der Waals surface area (Å²) in [5.41, 5.74) is 0.754. The van der Waals surface area contributed by atoms with Gasteiger partial charge in [0, 0.05) is 20.1 Å². The largest absolute Gasteiger partial charge is 0.382 e. The maximum absolute atomic E-state index is 13.9. The third kappa shape index (κ3) is 3.30. The maximum Gasteiger partial charge on any atom is 0.255 e. The second kappa shape index (κ2) is 6.25. The zero-order valence-corrected chi connectivity index (χ0v) is 12.4. The molecule has 0 heterocycles. The van der Waals surface area contributed by atoms with Crippen LogP contribution in [0, 0.1) is 17.7 Å². The average molecular weight is 278 g/mol. The first-order valence-electron chi connectivity index (χ1n) is 7.32. The van der Waals surface area contributed by atoms with Gasteiger partial charge in [0.25, 0.3) is 5.91 Å². The van der Waals surface area contributed by atoms with Crippen LogP contribution in [0.15, 0.2) is 18.2 Å². The van der Waals surface area contributed by atoms with Gasteiger partial charge in [0.2, 0.25) is 0 Å². The van der Waals surface area contributed by atoms with Gasteiger partial charge in [0.05, 0.1) is 11.3 Å². The van der Waals surface area contributed by atoms with Crippen LogP contribution in [0.3, 0.4) is 0 Å². The van der Waals surface area contributed by atoms with Gasteiger partial charge >= 0.3 is 0 Å². The minimum Gasteiger partial charge on any atom is -0.382 e. The number of carbonyl (C=O) groups excluding carboxylic acids is 1. The molecule has 2 rings (SSSR count). The van der Waals surface area contributed by atoms with Crippen molar-refractivity contribution in [1.82, 2.24) is 4.90 Å². The Morgan fingerprint density at radius 3 is 2.80 bits per heavy atom. The first kappa shape index (κ1) is 14.8. The van der Waals surface area contributed by atoms with Crippen LogP contribution >= 0.6 is 0 Å². The fourth-order valence-electron chi connectivity index (χ4n) is 2.43. The molecule has 1 N–H and O–H groups in total. The molecule has 1 aromatic rings. The number of halogens is 1. The Bertz CT molecular complexity index is 489. The van der Waals surface area contributed by atoms with Gasteiger partial charge in [0.1, 0.15) is 5.82 Å². The normalized spacial score (nSPS) is 20.6. The van der Waals surface area contributed by atoms with Crippen LogP contribution in [0.4, 0.5) is 10.1 Å². The smallest absolute Gasteiger partial charge is 0.255 e. The number of hydrogen-bond acceptors (Lipinski definition) is 2. The van der Waals surface area contributed by atoms with Crippen molar-refractivity contribution < 1.29 is 9.18 Å². The van der Waals surface area contributed by atoms with Crippen LogP contribution in [0.5, 0.6) is 0 Å². The number of benzene rings is 1. The summed E-state index contributed by atoms with van der Waals surface area (Å²) >= 11 is 0. The number of para-hydroxylation sites is 1. The molecule has 1 amide bonds. The molecule has 2 atom stereocenters. The number of carbonyl (C=O) groups is 1. The molecule has 1 saturated carbocycles. The number of amides is 1. The lowest BCUT2D eigenvalue weighted by Gasteiger charge is -2.20. The van der Waals surface area contributed by atoms with Gasteiger partial charge in [-0.15, -0.1) is 0 Å². The molecule has 0 aliphatic heterocycles. The predicted octanol–water partition coefficient (Wildman–Crippen LogP) is 3.38. The zero-order chi connectivity index (χ0) is 14.7. The van der Waals surface area contributed by atoms with Crippen molar-refractivity contribution in [2.24, 2.45) is 11.8 Å². The van der Waals surface area contributed by atoms with E-state index in [0.29, 0.717) is 29.6 Å². The summed E-state index contributed by atoms with van der Waals surface area (Å²) in [6, 6.07) is 4.67. The van der Waals surface area contributed by atoms with Gasteiger partial charge in [-0.2, -0.15) is 0 Å². The minimum atomic E-state index is -0.363. The third-order valence-corrected chi connectivity index (χ3v) is 3.93. The lowest BCUT2D eigenvalue weighted by Crippen LogP contribution is -2.30. The molecule has 1 aliphatic carbocycles. The quantitative estimate of drug-likeness (QED) is 0.865. The van der Waals surface area contributed by atoms with Crippen LogP contribution in [-0.2, 0) is 0 Å². The van der Waals surface area contributed by atoms with Gasteiger partial charge in [0.15, 0.2) is 0 Å². The van der Waals surface area contributed by atoms with Gasteiger partial charge in [-0.1, -0.05) is 19.9 Å². The van der Waals surface area contributed by atoms with E-state index in [1.165, 1.54) is 12.5 Å². The molecule has 20 heavy (non-hydrogen) atoms. The highest BCUT2D eigenvalue weighted by Crippen LogP contribution is 2.38. The molecular formula is C16H23FN2O. The lowest BCUT2D eigenvalue weighted by molar-refractivity contribution is 0.0787. The monoisotopic (exact) mass is 278 g/mol. The number of nitrogens with one attached hydrogen (secondary N) is 1. The van der Waals surface area contributed by atoms with Crippen LogP contribution < -0.4 is 5.32 Å². The summed E-state index contributed by atoms with van der Waals surface area (Å²) in [5, 5.41) is 3.02. The van der Waals surface area contributed by atoms with Crippen LogP contribution in [-0.4, -0.2) is 30.9 Å². The summed E-state index contributed by atoms with van der Waals surface area (Å²) < 4.78 is 13.9. The Labute approximate surface area is 120 Å². The van der Waals surface area contributed by atoms with E-state index in [9.17, 15) is 9.18 Å². The highest BCUT2D eigenvalue weighted by Gasteiger charge is 2.34. The van der Waals surface area contributed by atoms with Crippen LogP contribution in [0.1, 0.15) is 37.0 Å². The molecule has 1 fully saturated rings. The first-order valence-corrected chi connectivity index (χ1v) is 7.32. The van der Waals surface area contributed by atoms with Crippen molar-refractivity contribution >= 4 is 11.6 Å². The number of hydrogen-bond donors (Lipinski definition) is 1. The van der Waals surface area contributed by atoms with E-state index in [1.807, 2.05) is 6.92 Å². The molecule has 1 aromatic carbocycles. The predicted molar refractivity (Wildman–Crippen MR) is 79.4 cm³/mol. The summed E-state index contributed by atoms with van der Waals surface area (Å²) in [6.45, 7) is 5.61. The summed E-state index contributed by atoms with van der Waals surface area (Å²) in [6.07, 6.45) is 2.07. The Morgan fingerprint density at radius 1 is 1.50 bits per heavy atom. The molecule has 4 heteroatoms. The maximum atomic E-state index is 13.9. The topological polar surface area (TPSA) is 32.3 Å². The van der Waals surface area contributed by atoms with E-state index in [4.69, 9.17) is 0 Å². The number of rotatable bonds is 6. The molecule has 0 spiro atoms. The van der Waals surface area contributed by atoms with Crippen molar-refractivity contribution in [3.8, 4) is 0 Å². The second-order valence-corrected chi connectivity index (χ2v) is 5.75. The fourth-order valence-corrected chi connectivity index (χ4v) is 2.43. The molecule has 110 valence electrons. The Balaban J connectivity index is 2.13. The van der Waals surface area contributed by atoms with Gasteiger partial charge in [-0.3, -0.25) is 4.79 Å². The van der Waals surface area contributed by atoms with Crippen molar-refractivity contribution in [2.45, 2.75) is 26.7 Å². The lowest BCUT2D eigenvalue weighted by atomic mass is 10.1. The van der Waals surface area contributed by atoms with E-state index < -0.39 is 0 Å². The summed E-state index contributed by atoms with van der Waals surface area (Å²) in [5.74, 6) is 0.833. The van der Waals surface area contributed by atoms with E-state index in [0.717, 1.165) is 13.0 Å². The first-order chi connectivity index (χ1) is 9.54. The van der Waals surface area contributed by atoms with E-state index in [2.05, 4.69) is 12.2 Å². The van der Waals surface area contributed by atoms with Crippen molar-refractivity contribution in [2.75, 3.05) is 25.5 Å². The fraction of sp³-hybridized carbons (Fsp3) is 0.562. The van der Waals surface area contributed by atoms with Crippen LogP contribution in [0.25, 0.3) is 0 Å². The second-order valence-electron chi connectivity index (χ2n) is 5.75. The third-order valence-electron chi connectivity index (χ3n) is 3.93. The van der Waals surface area contributed by atoms with Crippen molar-refractivity contribution in [1.29, 1.82) is 0 Å². The van der Waals surface area contributed by atoms with Crippen molar-refractivity contribution in [3.63, 3.8) is 0 Å². The van der Waals surface area contributed by atoms with E-state index in [1.54, 1.807) is 24.1 Å². The Kier molecular flexibility index (Phi) is 4.63. The molecule has 0 aromatic heterocycles. The molecular weight excluding hydrogens is 255 g/mol. The molecule has 1 aliphatic rings. The summed E-state index contributed by atoms with van der Waals surface area (Å²) in [7, 11) is 1.79. The summed E-state index contributed by atoms with van der Waals surface area (Å²) in [4.78, 5) is 14.2. The molecule has 0 saturated heterocycles. The van der Waals surface area contributed by atoms with E-state index >= 15 is 0 Å². The Hall–Kier alpha value is -1.58. The van der Waals surface area contributed by atoms with Gasteiger partial charge in [-0.05, 0) is 36.8 Å². The number of nitrogens with zero attached hydrogens (tertiary/aromatic N) is 1. The molecule has 3 nitrogen and oxygen atoms in total. The highest BCUT2D eigenvalue weighted by molar-refractivity contribution is 5.99. The molecule has 2 unspecified atom stereocenters. The van der Waals surface area contributed by atoms with Crippen LogP contribution in [0.2, 0.25) is 0 Å². The zero-order valence-electron chi connectivity index (χ0n) is 12.4. The van der Waals surface area contributed by atoms with E-state index in [-0.39, 0.29) is 11.7 Å². The minimum absolute atomic E-state index is 0.109. The van der Waals surface area contributed by atoms with Crippen molar-refractivity contribution in [3.05, 3.63) is 29.6 Å². The number of anilines is 1. The standard InChI is InChI=1S/C16H23FN2O/c1-4-8-18-15-13(6-5-7-14(15)17)16(20)19(3)10-12-9-11(12)2/h5-7,11-12,18H,4,8-10H2,1-3H3. The SMILES string of the molecule is CCCNc1c(F)cccc1C(=O)N(C)CC1CC1C. The van der Waals surface area contributed by atoms with Gasteiger partial charge < -0.3 is 10.2 Å². The highest BCUT2D eigenvalue weighted by atomic mass is 19.1. The Morgan fingerprint density at radius 2 is 2.20 bits per heavy atom. The average Bonchev–Trinajstić information content (AvgIpc) is 3.11. The van der Waals surface area contributed by atoms with Gasteiger partial charge in [-0.25, -0.2) is 4.39 Å². The molecule has 0 bridgehead atoms. The molecule has 0 radical (unpaired) electrons.